The van der Waals surface area contributed by atoms with Crippen LogP contribution < -0.4 is 4.52 Å². The largest absolute Gasteiger partial charge is 0.427 e. The standard InChI is InChI=1S/C23H41O3P/c1-20(2)12-8-6-10-18-24-27(25-19-11-7-9-13-21(3)4)26-23-16-14-22(5)15-17-23/h14-17,20-21H,6-13,18-19H2,1-5H3. The molecule has 0 aliphatic carbocycles. The smallest absolute Gasteiger partial charge is 0.397 e. The summed E-state index contributed by atoms with van der Waals surface area (Å²) in [6, 6.07) is 8.09. The van der Waals surface area contributed by atoms with E-state index in [2.05, 4.69) is 46.8 Å². The number of hydrogen-bond donors (Lipinski definition) is 0. The number of aryl methyl sites for hydroxylation is 1. The molecule has 0 aliphatic rings. The minimum absolute atomic E-state index is 0.711. The fraction of sp³-hybridized carbons (Fsp3) is 0.739. The van der Waals surface area contributed by atoms with Crippen LogP contribution in [-0.2, 0) is 9.05 Å². The van der Waals surface area contributed by atoms with Gasteiger partial charge in [-0.1, -0.05) is 83.9 Å². The molecule has 3 nitrogen and oxygen atoms in total. The predicted molar refractivity (Wildman–Crippen MR) is 117 cm³/mol. The van der Waals surface area contributed by atoms with Crippen molar-refractivity contribution in [3.63, 3.8) is 0 Å². The molecule has 27 heavy (non-hydrogen) atoms. The minimum atomic E-state index is -1.31. The van der Waals surface area contributed by atoms with Gasteiger partial charge in [-0.3, -0.25) is 0 Å². The van der Waals surface area contributed by atoms with Crippen LogP contribution in [0.25, 0.3) is 0 Å². The van der Waals surface area contributed by atoms with E-state index >= 15 is 0 Å². The summed E-state index contributed by atoms with van der Waals surface area (Å²) < 4.78 is 17.9. The van der Waals surface area contributed by atoms with Gasteiger partial charge in [0.15, 0.2) is 0 Å². The Morgan fingerprint density at radius 1 is 0.704 bits per heavy atom. The summed E-state index contributed by atoms with van der Waals surface area (Å²) in [6.45, 7) is 12.6. The molecule has 0 fully saturated rings. The zero-order valence-corrected chi connectivity index (χ0v) is 19.1. The van der Waals surface area contributed by atoms with Crippen LogP contribution in [0.15, 0.2) is 24.3 Å². The summed E-state index contributed by atoms with van der Waals surface area (Å²) in [6.07, 6.45) is 9.69. The van der Waals surface area contributed by atoms with Gasteiger partial charge in [-0.25, -0.2) is 0 Å². The van der Waals surface area contributed by atoms with Crippen molar-refractivity contribution in [1.82, 2.24) is 0 Å². The van der Waals surface area contributed by atoms with E-state index in [4.69, 9.17) is 13.6 Å². The van der Waals surface area contributed by atoms with Gasteiger partial charge >= 0.3 is 8.60 Å². The molecule has 0 atom stereocenters. The first-order valence-electron chi connectivity index (χ1n) is 10.8. The van der Waals surface area contributed by atoms with Gasteiger partial charge in [0, 0.05) is 0 Å². The molecule has 0 saturated heterocycles. The fourth-order valence-corrected chi connectivity index (χ4v) is 3.75. The highest BCUT2D eigenvalue weighted by molar-refractivity contribution is 7.42. The summed E-state index contributed by atoms with van der Waals surface area (Å²) in [5.74, 6) is 2.39. The van der Waals surface area contributed by atoms with Gasteiger partial charge in [0.25, 0.3) is 0 Å². The molecule has 1 rings (SSSR count). The Balaban J connectivity index is 2.31. The number of benzene rings is 1. The molecule has 0 amide bonds. The first kappa shape index (κ1) is 24.4. The number of unbranched alkanes of at least 4 members (excludes halogenated alkanes) is 4. The molecule has 0 N–H and O–H groups in total. The lowest BCUT2D eigenvalue weighted by Gasteiger charge is -2.17. The number of rotatable bonds is 16. The molecular formula is C23H41O3P. The van der Waals surface area contributed by atoms with E-state index in [-0.39, 0.29) is 0 Å². The SMILES string of the molecule is Cc1ccc(OP(OCCCCCC(C)C)OCCCCCC(C)C)cc1. The predicted octanol–water partition coefficient (Wildman–Crippen LogP) is 8.07. The lowest BCUT2D eigenvalue weighted by atomic mass is 10.1. The van der Waals surface area contributed by atoms with Crippen LogP contribution in [0.5, 0.6) is 5.75 Å². The van der Waals surface area contributed by atoms with E-state index < -0.39 is 8.60 Å². The van der Waals surface area contributed by atoms with Crippen molar-refractivity contribution in [2.75, 3.05) is 13.2 Å². The van der Waals surface area contributed by atoms with E-state index in [1.54, 1.807) is 0 Å². The maximum Gasteiger partial charge on any atom is 0.397 e. The van der Waals surface area contributed by atoms with Crippen LogP contribution in [0.3, 0.4) is 0 Å². The zero-order valence-electron chi connectivity index (χ0n) is 18.2. The van der Waals surface area contributed by atoms with Crippen LogP contribution in [0.1, 0.15) is 84.6 Å². The van der Waals surface area contributed by atoms with Gasteiger partial charge in [0.05, 0.1) is 13.2 Å². The highest BCUT2D eigenvalue weighted by Gasteiger charge is 2.14. The van der Waals surface area contributed by atoms with Crippen LogP contribution >= 0.6 is 8.60 Å². The van der Waals surface area contributed by atoms with Crippen molar-refractivity contribution >= 4 is 8.60 Å². The third-order valence-electron chi connectivity index (χ3n) is 4.45. The average Bonchev–Trinajstić information content (AvgIpc) is 2.61. The summed E-state index contributed by atoms with van der Waals surface area (Å²) in [5, 5.41) is 0. The second-order valence-electron chi connectivity index (χ2n) is 8.28. The Labute approximate surface area is 169 Å². The monoisotopic (exact) mass is 396 g/mol. The topological polar surface area (TPSA) is 27.7 Å². The lowest BCUT2D eigenvalue weighted by molar-refractivity contribution is 0.198. The van der Waals surface area contributed by atoms with E-state index in [1.165, 1.54) is 44.1 Å². The Bertz CT molecular complexity index is 439. The molecule has 0 aromatic heterocycles. The Hall–Kier alpha value is -0.630. The quantitative estimate of drug-likeness (QED) is 0.209. The molecule has 0 bridgehead atoms. The second kappa shape index (κ2) is 15.3. The van der Waals surface area contributed by atoms with Crippen molar-refractivity contribution in [2.24, 2.45) is 11.8 Å². The van der Waals surface area contributed by atoms with Crippen LogP contribution in [0.2, 0.25) is 0 Å². The van der Waals surface area contributed by atoms with E-state index in [9.17, 15) is 0 Å². The van der Waals surface area contributed by atoms with Gasteiger partial charge in [0.2, 0.25) is 0 Å². The molecule has 1 aromatic carbocycles. The van der Waals surface area contributed by atoms with Crippen LogP contribution in [0.4, 0.5) is 0 Å². The molecule has 0 unspecified atom stereocenters. The van der Waals surface area contributed by atoms with E-state index in [1.807, 2.05) is 12.1 Å². The van der Waals surface area contributed by atoms with E-state index in [0.29, 0.717) is 13.2 Å². The number of hydrogen-bond acceptors (Lipinski definition) is 3. The zero-order chi connectivity index (χ0) is 19.9. The molecular weight excluding hydrogens is 355 g/mol. The van der Waals surface area contributed by atoms with Crippen molar-refractivity contribution in [3.8, 4) is 5.75 Å². The average molecular weight is 397 g/mol. The molecule has 4 heteroatoms. The van der Waals surface area contributed by atoms with Crippen molar-refractivity contribution in [1.29, 1.82) is 0 Å². The normalized spacial score (nSPS) is 11.7. The fourth-order valence-electron chi connectivity index (χ4n) is 2.72. The van der Waals surface area contributed by atoms with E-state index in [0.717, 1.165) is 30.4 Å². The summed E-state index contributed by atoms with van der Waals surface area (Å²) >= 11 is 0. The van der Waals surface area contributed by atoms with Gasteiger partial charge in [-0.15, -0.1) is 0 Å². The Morgan fingerprint density at radius 3 is 1.63 bits per heavy atom. The Kier molecular flexibility index (Phi) is 13.8. The van der Waals surface area contributed by atoms with Crippen molar-refractivity contribution in [2.45, 2.75) is 86.0 Å². The lowest BCUT2D eigenvalue weighted by Crippen LogP contribution is -2.01. The van der Waals surface area contributed by atoms with Crippen LogP contribution in [-0.4, -0.2) is 13.2 Å². The molecule has 1 aromatic rings. The molecule has 0 radical (unpaired) electrons. The molecule has 156 valence electrons. The third kappa shape index (κ3) is 14.1. The summed E-state index contributed by atoms with van der Waals surface area (Å²) in [5.41, 5.74) is 1.23. The van der Waals surface area contributed by atoms with Gasteiger partial charge in [-0.2, -0.15) is 0 Å². The molecule has 0 saturated carbocycles. The molecule has 0 aliphatic heterocycles. The summed E-state index contributed by atoms with van der Waals surface area (Å²) in [7, 11) is -1.31. The van der Waals surface area contributed by atoms with Gasteiger partial charge < -0.3 is 13.6 Å². The molecule has 0 spiro atoms. The highest BCUT2D eigenvalue weighted by atomic mass is 31.2. The summed E-state index contributed by atoms with van der Waals surface area (Å²) in [4.78, 5) is 0. The Morgan fingerprint density at radius 2 is 1.19 bits per heavy atom. The maximum atomic E-state index is 5.98. The third-order valence-corrected chi connectivity index (χ3v) is 5.59. The van der Waals surface area contributed by atoms with Gasteiger partial charge in [-0.05, 0) is 43.7 Å². The molecule has 0 heterocycles. The van der Waals surface area contributed by atoms with Gasteiger partial charge in [0.1, 0.15) is 5.75 Å². The maximum absolute atomic E-state index is 5.98. The van der Waals surface area contributed by atoms with Crippen molar-refractivity contribution < 1.29 is 13.6 Å². The first-order valence-corrected chi connectivity index (χ1v) is 11.9. The van der Waals surface area contributed by atoms with Crippen molar-refractivity contribution in [3.05, 3.63) is 29.8 Å². The first-order chi connectivity index (χ1) is 13.0. The second-order valence-corrected chi connectivity index (χ2v) is 9.43. The minimum Gasteiger partial charge on any atom is -0.427 e. The van der Waals surface area contributed by atoms with Crippen LogP contribution in [0, 0.1) is 18.8 Å². The highest BCUT2D eigenvalue weighted by Crippen LogP contribution is 2.41.